The first-order valence-electron chi connectivity index (χ1n) is 5.16. The third-order valence-corrected chi connectivity index (χ3v) is 2.83. The van der Waals surface area contributed by atoms with Gasteiger partial charge in [0, 0.05) is 13.0 Å². The molecule has 0 spiro atoms. The Morgan fingerprint density at radius 2 is 2.50 bits per heavy atom. The van der Waals surface area contributed by atoms with Gasteiger partial charge in [0.1, 0.15) is 5.84 Å². The molecule has 88 valence electrons. The van der Waals surface area contributed by atoms with Crippen LogP contribution in [0.4, 0.5) is 0 Å². The van der Waals surface area contributed by atoms with Gasteiger partial charge in [-0.2, -0.15) is 4.98 Å². The quantitative estimate of drug-likeness (QED) is 0.273. The summed E-state index contributed by atoms with van der Waals surface area (Å²) in [6.45, 7) is 1.40. The van der Waals surface area contributed by atoms with Crippen LogP contribution in [0.15, 0.2) is 16.1 Å². The van der Waals surface area contributed by atoms with Gasteiger partial charge in [-0.15, -0.1) is 0 Å². The topological polar surface area (TPSA) is 110 Å². The summed E-state index contributed by atoms with van der Waals surface area (Å²) in [7, 11) is 0. The molecular weight excluding hydrogens is 210 g/mol. The number of nitrogens with zero attached hydrogens (tertiary/aromatic N) is 3. The molecule has 0 atom stereocenters. The van der Waals surface area contributed by atoms with Crippen molar-refractivity contribution >= 4 is 5.84 Å². The summed E-state index contributed by atoms with van der Waals surface area (Å²) in [4.78, 5) is 3.90. The van der Waals surface area contributed by atoms with Gasteiger partial charge in [-0.3, -0.25) is 0 Å². The van der Waals surface area contributed by atoms with Gasteiger partial charge in [-0.1, -0.05) is 10.3 Å². The standard InChI is InChI=1S/C9H15N5O2/c10-7(13-15)3-9(1-2-9)5-11-4-8-12-6-16-14-8/h6,11,15H,1-5H2,(H2,10,13). The fraction of sp³-hybridized carbons (Fsp3) is 0.667. The van der Waals surface area contributed by atoms with Crippen LogP contribution in [0, 0.1) is 5.41 Å². The molecule has 1 aliphatic rings. The van der Waals surface area contributed by atoms with E-state index >= 15 is 0 Å². The van der Waals surface area contributed by atoms with E-state index in [-0.39, 0.29) is 5.41 Å². The molecule has 7 nitrogen and oxygen atoms in total. The molecule has 1 saturated carbocycles. The Morgan fingerprint density at radius 3 is 3.06 bits per heavy atom. The molecule has 0 bridgehead atoms. The molecule has 0 radical (unpaired) electrons. The first-order chi connectivity index (χ1) is 7.74. The monoisotopic (exact) mass is 225 g/mol. The van der Waals surface area contributed by atoms with E-state index in [2.05, 4.69) is 25.1 Å². The van der Waals surface area contributed by atoms with Gasteiger partial charge in [-0.25, -0.2) is 0 Å². The molecule has 1 aromatic rings. The van der Waals surface area contributed by atoms with Crippen LogP contribution in [0.3, 0.4) is 0 Å². The van der Waals surface area contributed by atoms with Crippen LogP contribution >= 0.6 is 0 Å². The zero-order valence-corrected chi connectivity index (χ0v) is 8.89. The summed E-state index contributed by atoms with van der Waals surface area (Å²) in [6.07, 6.45) is 4.13. The number of hydrogen-bond acceptors (Lipinski definition) is 6. The molecule has 0 unspecified atom stereocenters. The normalized spacial score (nSPS) is 18.6. The lowest BCUT2D eigenvalue weighted by Crippen LogP contribution is -2.28. The van der Waals surface area contributed by atoms with Crippen molar-refractivity contribution in [2.75, 3.05) is 6.54 Å². The van der Waals surface area contributed by atoms with Gasteiger partial charge in [0.25, 0.3) is 0 Å². The van der Waals surface area contributed by atoms with Gasteiger partial charge >= 0.3 is 0 Å². The average molecular weight is 225 g/mol. The van der Waals surface area contributed by atoms with E-state index in [9.17, 15) is 0 Å². The molecule has 1 aliphatic carbocycles. The molecule has 1 aromatic heterocycles. The second-order valence-electron chi connectivity index (χ2n) is 4.22. The number of oxime groups is 1. The van der Waals surface area contributed by atoms with E-state index < -0.39 is 0 Å². The van der Waals surface area contributed by atoms with E-state index in [1.807, 2.05) is 0 Å². The highest BCUT2D eigenvalue weighted by atomic mass is 16.5. The van der Waals surface area contributed by atoms with Crippen molar-refractivity contribution in [3.63, 3.8) is 0 Å². The van der Waals surface area contributed by atoms with Crippen molar-refractivity contribution in [2.24, 2.45) is 16.3 Å². The molecule has 0 saturated heterocycles. The highest BCUT2D eigenvalue weighted by Gasteiger charge is 2.42. The number of hydrogen-bond donors (Lipinski definition) is 3. The highest BCUT2D eigenvalue weighted by Crippen LogP contribution is 2.48. The molecule has 16 heavy (non-hydrogen) atoms. The molecular formula is C9H15N5O2. The van der Waals surface area contributed by atoms with Crippen molar-refractivity contribution in [2.45, 2.75) is 25.8 Å². The van der Waals surface area contributed by atoms with Gasteiger partial charge < -0.3 is 20.8 Å². The number of amidine groups is 1. The molecule has 0 aromatic carbocycles. The van der Waals surface area contributed by atoms with Crippen LogP contribution in [-0.4, -0.2) is 27.7 Å². The first kappa shape index (κ1) is 10.9. The Hall–Kier alpha value is -1.63. The van der Waals surface area contributed by atoms with E-state index in [1.54, 1.807) is 0 Å². The Labute approximate surface area is 92.7 Å². The van der Waals surface area contributed by atoms with Crippen LogP contribution in [-0.2, 0) is 6.54 Å². The van der Waals surface area contributed by atoms with Crippen molar-refractivity contribution in [1.29, 1.82) is 0 Å². The highest BCUT2D eigenvalue weighted by molar-refractivity contribution is 5.80. The lowest BCUT2D eigenvalue weighted by atomic mass is 10.0. The van der Waals surface area contributed by atoms with Crippen LogP contribution in [0.2, 0.25) is 0 Å². The SMILES string of the molecule is NC(CC1(CNCc2ncon2)CC1)=NO. The van der Waals surface area contributed by atoms with E-state index in [0.29, 0.717) is 24.6 Å². The summed E-state index contributed by atoms with van der Waals surface area (Å²) in [5.74, 6) is 0.929. The maximum Gasteiger partial charge on any atom is 0.213 e. The summed E-state index contributed by atoms with van der Waals surface area (Å²) < 4.78 is 4.62. The van der Waals surface area contributed by atoms with Gasteiger partial charge in [-0.05, 0) is 18.3 Å². The van der Waals surface area contributed by atoms with E-state index in [4.69, 9.17) is 10.9 Å². The number of aromatic nitrogens is 2. The summed E-state index contributed by atoms with van der Waals surface area (Å²) >= 11 is 0. The molecule has 0 aliphatic heterocycles. The minimum absolute atomic E-state index is 0.153. The molecule has 1 heterocycles. The fourth-order valence-corrected chi connectivity index (χ4v) is 1.72. The Morgan fingerprint density at radius 1 is 1.69 bits per heavy atom. The van der Waals surface area contributed by atoms with E-state index in [0.717, 1.165) is 19.4 Å². The third-order valence-electron chi connectivity index (χ3n) is 2.83. The van der Waals surface area contributed by atoms with Crippen molar-refractivity contribution in [3.8, 4) is 0 Å². The van der Waals surface area contributed by atoms with Crippen molar-refractivity contribution in [1.82, 2.24) is 15.5 Å². The Kier molecular flexibility index (Phi) is 3.04. The Balaban J connectivity index is 1.73. The van der Waals surface area contributed by atoms with Crippen LogP contribution in [0.1, 0.15) is 25.1 Å². The maximum atomic E-state index is 8.51. The molecule has 4 N–H and O–H groups in total. The predicted octanol–water partition coefficient (Wildman–Crippen LogP) is 0.0759. The lowest BCUT2D eigenvalue weighted by Gasteiger charge is -2.13. The zero-order valence-electron chi connectivity index (χ0n) is 8.89. The van der Waals surface area contributed by atoms with Crippen molar-refractivity contribution in [3.05, 3.63) is 12.2 Å². The molecule has 1 fully saturated rings. The second-order valence-corrected chi connectivity index (χ2v) is 4.22. The minimum atomic E-state index is 0.153. The fourth-order valence-electron chi connectivity index (χ4n) is 1.72. The smallest absolute Gasteiger partial charge is 0.213 e. The Bertz CT molecular complexity index is 358. The molecule has 7 heteroatoms. The second kappa shape index (κ2) is 4.48. The number of nitrogens with one attached hydrogen (secondary N) is 1. The third kappa shape index (κ3) is 2.69. The summed E-state index contributed by atoms with van der Waals surface area (Å²) in [5.41, 5.74) is 5.65. The van der Waals surface area contributed by atoms with Gasteiger partial charge in [0.05, 0.1) is 6.54 Å². The number of nitrogens with two attached hydrogens (primary N) is 1. The van der Waals surface area contributed by atoms with Crippen molar-refractivity contribution < 1.29 is 9.73 Å². The molecule has 2 rings (SSSR count). The van der Waals surface area contributed by atoms with E-state index in [1.165, 1.54) is 6.39 Å². The maximum absolute atomic E-state index is 8.51. The average Bonchev–Trinajstić information content (AvgIpc) is 2.83. The zero-order chi connectivity index (χ0) is 11.4. The summed E-state index contributed by atoms with van der Waals surface area (Å²) in [6, 6.07) is 0. The van der Waals surface area contributed by atoms with Crippen LogP contribution in [0.25, 0.3) is 0 Å². The van der Waals surface area contributed by atoms with Gasteiger partial charge in [0.2, 0.25) is 6.39 Å². The van der Waals surface area contributed by atoms with Crippen LogP contribution < -0.4 is 11.1 Å². The summed E-state index contributed by atoms with van der Waals surface area (Å²) in [5, 5.41) is 18.4. The first-order valence-corrected chi connectivity index (χ1v) is 5.16. The van der Waals surface area contributed by atoms with Crippen LogP contribution in [0.5, 0.6) is 0 Å². The lowest BCUT2D eigenvalue weighted by molar-refractivity contribution is 0.314. The molecule has 0 amide bonds. The van der Waals surface area contributed by atoms with Gasteiger partial charge in [0.15, 0.2) is 5.82 Å². The predicted molar refractivity (Wildman–Crippen MR) is 55.7 cm³/mol. The number of rotatable bonds is 6. The minimum Gasteiger partial charge on any atom is -0.409 e. The largest absolute Gasteiger partial charge is 0.409 e.